The third-order valence-electron chi connectivity index (χ3n) is 2.50. The Labute approximate surface area is 121 Å². The van der Waals surface area contributed by atoms with Crippen LogP contribution in [0.5, 0.6) is 0 Å². The zero-order valence-electron chi connectivity index (χ0n) is 10.9. The predicted octanol–water partition coefficient (Wildman–Crippen LogP) is 2.42. The molecule has 1 aromatic rings. The molecule has 19 heavy (non-hydrogen) atoms. The first-order chi connectivity index (χ1) is 8.66. The monoisotopic (exact) mass is 349 g/mol. The van der Waals surface area contributed by atoms with Crippen molar-refractivity contribution in [3.05, 3.63) is 28.2 Å². The quantitative estimate of drug-likeness (QED) is 0.885. The zero-order chi connectivity index (χ0) is 14.8. The van der Waals surface area contributed by atoms with Crippen LogP contribution in [0.3, 0.4) is 0 Å². The lowest BCUT2D eigenvalue weighted by molar-refractivity contribution is 0.0695. The highest BCUT2D eigenvalue weighted by molar-refractivity contribution is 9.10. The smallest absolute Gasteiger partial charge is 0.336 e. The molecular formula is C12H16BrNO4S. The van der Waals surface area contributed by atoms with Gasteiger partial charge in [-0.15, -0.1) is 0 Å². The number of halogens is 1. The number of carboxylic acids is 1. The molecule has 0 unspecified atom stereocenters. The molecule has 0 aromatic heterocycles. The molecule has 0 aliphatic carbocycles. The van der Waals surface area contributed by atoms with E-state index in [9.17, 15) is 13.2 Å². The van der Waals surface area contributed by atoms with E-state index in [4.69, 9.17) is 5.11 Å². The number of sulfonamides is 1. The molecule has 0 aliphatic rings. The SMILES string of the molecule is CC(C)CN(C)S(=O)(=O)c1ccc(Br)c(C(=O)O)c1. The highest BCUT2D eigenvalue weighted by Crippen LogP contribution is 2.23. The molecule has 1 aromatic carbocycles. The molecule has 0 saturated carbocycles. The van der Waals surface area contributed by atoms with Gasteiger partial charge in [0.05, 0.1) is 10.5 Å². The van der Waals surface area contributed by atoms with Crippen molar-refractivity contribution in [2.75, 3.05) is 13.6 Å². The molecule has 0 saturated heterocycles. The fourth-order valence-electron chi connectivity index (χ4n) is 1.62. The van der Waals surface area contributed by atoms with Gasteiger partial charge in [-0.2, -0.15) is 0 Å². The van der Waals surface area contributed by atoms with Crippen molar-refractivity contribution in [1.29, 1.82) is 0 Å². The van der Waals surface area contributed by atoms with Crippen molar-refractivity contribution in [3.63, 3.8) is 0 Å². The molecule has 0 radical (unpaired) electrons. The van der Waals surface area contributed by atoms with E-state index < -0.39 is 16.0 Å². The summed E-state index contributed by atoms with van der Waals surface area (Å²) in [5.74, 6) is -0.982. The maximum Gasteiger partial charge on any atom is 0.336 e. The average molecular weight is 350 g/mol. The number of nitrogens with zero attached hydrogens (tertiary/aromatic N) is 1. The van der Waals surface area contributed by atoms with Gasteiger partial charge < -0.3 is 5.11 Å². The van der Waals surface area contributed by atoms with Crippen molar-refractivity contribution in [2.24, 2.45) is 5.92 Å². The highest BCUT2D eigenvalue weighted by atomic mass is 79.9. The molecule has 0 aliphatic heterocycles. The third-order valence-corrected chi connectivity index (χ3v) is 5.01. The lowest BCUT2D eigenvalue weighted by Crippen LogP contribution is -2.30. The second kappa shape index (κ2) is 6.02. The van der Waals surface area contributed by atoms with Crippen LogP contribution in [0.1, 0.15) is 24.2 Å². The van der Waals surface area contributed by atoms with Crippen LogP contribution in [0.15, 0.2) is 27.6 Å². The molecule has 0 spiro atoms. The Balaban J connectivity index is 3.22. The maximum atomic E-state index is 12.3. The van der Waals surface area contributed by atoms with E-state index >= 15 is 0 Å². The Hall–Kier alpha value is -0.920. The van der Waals surface area contributed by atoms with Gasteiger partial charge in [0.2, 0.25) is 10.0 Å². The van der Waals surface area contributed by atoms with Crippen LogP contribution < -0.4 is 0 Å². The molecule has 5 nitrogen and oxygen atoms in total. The van der Waals surface area contributed by atoms with Gasteiger partial charge in [0.15, 0.2) is 0 Å². The van der Waals surface area contributed by atoms with Crippen molar-refractivity contribution in [2.45, 2.75) is 18.7 Å². The van der Waals surface area contributed by atoms with Gasteiger partial charge in [-0.25, -0.2) is 17.5 Å². The molecule has 0 atom stereocenters. The highest BCUT2D eigenvalue weighted by Gasteiger charge is 2.23. The van der Waals surface area contributed by atoms with E-state index in [-0.39, 0.29) is 16.4 Å². The minimum Gasteiger partial charge on any atom is -0.478 e. The Morgan fingerprint density at radius 2 is 2.00 bits per heavy atom. The van der Waals surface area contributed by atoms with Gasteiger partial charge in [0.1, 0.15) is 0 Å². The summed E-state index contributed by atoms with van der Waals surface area (Å²) in [7, 11) is -2.17. The molecule has 106 valence electrons. The number of hydrogen-bond donors (Lipinski definition) is 1. The molecule has 0 bridgehead atoms. The van der Waals surface area contributed by atoms with Gasteiger partial charge in [-0.3, -0.25) is 0 Å². The van der Waals surface area contributed by atoms with Crippen molar-refractivity contribution in [3.8, 4) is 0 Å². The lowest BCUT2D eigenvalue weighted by Gasteiger charge is -2.19. The van der Waals surface area contributed by atoms with E-state index in [0.717, 1.165) is 0 Å². The summed E-state index contributed by atoms with van der Waals surface area (Å²) in [6, 6.07) is 3.99. The molecule has 1 rings (SSSR count). The number of rotatable bonds is 5. The number of aromatic carboxylic acids is 1. The Kier molecular flexibility index (Phi) is 5.11. The van der Waals surface area contributed by atoms with Crippen LogP contribution in [-0.2, 0) is 10.0 Å². The first kappa shape index (κ1) is 16.1. The van der Waals surface area contributed by atoms with Crippen molar-refractivity contribution < 1.29 is 18.3 Å². The van der Waals surface area contributed by atoms with Gasteiger partial charge in [0, 0.05) is 18.1 Å². The molecule has 7 heteroatoms. The summed E-state index contributed by atoms with van der Waals surface area (Å²) < 4.78 is 26.1. The third kappa shape index (κ3) is 3.77. The number of hydrogen-bond acceptors (Lipinski definition) is 3. The largest absolute Gasteiger partial charge is 0.478 e. The van der Waals surface area contributed by atoms with Gasteiger partial charge in [0.25, 0.3) is 0 Å². The van der Waals surface area contributed by atoms with Gasteiger partial charge >= 0.3 is 5.97 Å². The summed E-state index contributed by atoms with van der Waals surface area (Å²) in [6.45, 7) is 4.20. The summed E-state index contributed by atoms with van der Waals surface area (Å²) in [5, 5.41) is 9.00. The Bertz CT molecular complexity index is 583. The standard InChI is InChI=1S/C12H16BrNO4S/c1-8(2)7-14(3)19(17,18)9-4-5-11(13)10(6-9)12(15)16/h4-6,8H,7H2,1-3H3,(H,15,16). The summed E-state index contributed by atoms with van der Waals surface area (Å²) >= 11 is 3.09. The number of carboxylic acid groups (broad SMARTS) is 1. The van der Waals surface area contributed by atoms with Crippen molar-refractivity contribution in [1.82, 2.24) is 4.31 Å². The minimum absolute atomic E-state index is 0.0174. The van der Waals surface area contributed by atoms with Crippen LogP contribution in [0.25, 0.3) is 0 Å². The van der Waals surface area contributed by atoms with Gasteiger partial charge in [-0.05, 0) is 40.0 Å². The van der Waals surface area contributed by atoms with Crippen LogP contribution in [0.2, 0.25) is 0 Å². The first-order valence-corrected chi connectivity index (χ1v) is 7.88. The molecular weight excluding hydrogens is 334 g/mol. The van der Waals surface area contributed by atoms with E-state index in [0.29, 0.717) is 11.0 Å². The fraction of sp³-hybridized carbons (Fsp3) is 0.417. The van der Waals surface area contributed by atoms with Crippen LogP contribution in [-0.4, -0.2) is 37.4 Å². The number of benzene rings is 1. The minimum atomic E-state index is -3.66. The van der Waals surface area contributed by atoms with E-state index in [1.54, 1.807) is 0 Å². The zero-order valence-corrected chi connectivity index (χ0v) is 13.3. The summed E-state index contributed by atoms with van der Waals surface area (Å²) in [4.78, 5) is 11.0. The Morgan fingerprint density at radius 1 is 1.42 bits per heavy atom. The van der Waals surface area contributed by atoms with E-state index in [1.165, 1.54) is 29.6 Å². The second-order valence-electron chi connectivity index (χ2n) is 4.63. The Morgan fingerprint density at radius 3 is 2.47 bits per heavy atom. The summed E-state index contributed by atoms with van der Waals surface area (Å²) in [6.07, 6.45) is 0. The second-order valence-corrected chi connectivity index (χ2v) is 7.53. The first-order valence-electron chi connectivity index (χ1n) is 5.65. The molecule has 1 N–H and O–H groups in total. The lowest BCUT2D eigenvalue weighted by atomic mass is 10.2. The summed E-state index contributed by atoms with van der Waals surface area (Å²) in [5.41, 5.74) is -0.0704. The van der Waals surface area contributed by atoms with Crippen LogP contribution in [0.4, 0.5) is 0 Å². The van der Waals surface area contributed by atoms with Gasteiger partial charge in [-0.1, -0.05) is 13.8 Å². The van der Waals surface area contributed by atoms with Crippen LogP contribution >= 0.6 is 15.9 Å². The predicted molar refractivity (Wildman–Crippen MR) is 75.8 cm³/mol. The number of carbonyl (C=O) groups is 1. The van der Waals surface area contributed by atoms with Crippen molar-refractivity contribution >= 4 is 31.9 Å². The van der Waals surface area contributed by atoms with E-state index in [1.807, 2.05) is 13.8 Å². The molecule has 0 heterocycles. The maximum absolute atomic E-state index is 12.3. The normalized spacial score (nSPS) is 12.1. The average Bonchev–Trinajstić information content (AvgIpc) is 2.27. The molecule has 0 amide bonds. The van der Waals surface area contributed by atoms with Crippen LogP contribution in [0, 0.1) is 5.92 Å². The molecule has 0 fully saturated rings. The van der Waals surface area contributed by atoms with E-state index in [2.05, 4.69) is 15.9 Å². The fourth-order valence-corrected chi connectivity index (χ4v) is 3.40. The topological polar surface area (TPSA) is 74.7 Å².